The molecule has 2 aliphatic carbocycles. The number of ketones is 1. The van der Waals surface area contributed by atoms with E-state index in [1.165, 1.54) is 25.4 Å². The quantitative estimate of drug-likeness (QED) is 0.155. The minimum absolute atomic E-state index is 0.0457. The van der Waals surface area contributed by atoms with Gasteiger partial charge in [0.05, 0.1) is 6.04 Å². The van der Waals surface area contributed by atoms with Gasteiger partial charge in [-0.3, -0.25) is 19.2 Å². The number of nitrogens with zero attached hydrogens (tertiary/aromatic N) is 3. The van der Waals surface area contributed by atoms with Gasteiger partial charge in [-0.1, -0.05) is 79.9 Å². The molecule has 0 bridgehead atoms. The van der Waals surface area contributed by atoms with Crippen molar-refractivity contribution in [3.8, 4) is 0 Å². The van der Waals surface area contributed by atoms with Crippen LogP contribution in [0.1, 0.15) is 87.0 Å². The molecule has 3 aliphatic rings. The number of Topliss-reactive ketones (excluding diaryl/α,β-unsaturated/α-hetero) is 1. The molecule has 4 N–H and O–H groups in total. The fourth-order valence-electron chi connectivity index (χ4n) is 8.06. The molecule has 2 heterocycles. The fraction of sp³-hybridized carbons (Fsp3) is 0.684. The van der Waals surface area contributed by atoms with Crippen molar-refractivity contribution in [1.29, 1.82) is 0 Å². The number of likely N-dealkylation sites (N-methyl/N-ethyl adjacent to an activating group) is 1. The van der Waals surface area contributed by atoms with E-state index in [2.05, 4.69) is 46.7 Å². The zero-order chi connectivity index (χ0) is 39.5. The van der Waals surface area contributed by atoms with Gasteiger partial charge in [0.1, 0.15) is 12.1 Å². The van der Waals surface area contributed by atoms with Crippen LogP contribution in [0, 0.1) is 28.1 Å². The Hall–Kier alpha value is -3.85. The van der Waals surface area contributed by atoms with Crippen LogP contribution in [0.4, 0.5) is 4.79 Å². The smallest absolute Gasteiger partial charge is 0.315 e. The van der Waals surface area contributed by atoms with Crippen molar-refractivity contribution >= 4 is 39.6 Å². The highest BCUT2D eigenvalue weighted by molar-refractivity contribution is 7.89. The number of amides is 5. The minimum Gasteiger partial charge on any atom is -0.346 e. The molecule has 5 amide bonds. The van der Waals surface area contributed by atoms with Crippen molar-refractivity contribution in [2.45, 2.75) is 116 Å². The number of fused-ring (bicyclic) bond motifs is 1. The Morgan fingerprint density at radius 3 is 2.28 bits per heavy atom. The normalized spacial score (nSPS) is 23.5. The van der Waals surface area contributed by atoms with Crippen LogP contribution in [-0.4, -0.2) is 103 Å². The largest absolute Gasteiger partial charge is 0.346 e. The molecule has 3 fully saturated rings. The molecule has 6 atom stereocenters. The maximum absolute atomic E-state index is 14.8. The third kappa shape index (κ3) is 9.10. The van der Waals surface area contributed by atoms with E-state index in [0.29, 0.717) is 19.4 Å². The molecule has 1 aromatic rings. The molecule has 1 unspecified atom stereocenters. The van der Waals surface area contributed by atoms with E-state index in [1.54, 1.807) is 24.0 Å². The van der Waals surface area contributed by atoms with Crippen molar-refractivity contribution in [3.05, 3.63) is 37.1 Å². The average molecular weight is 758 g/mol. The van der Waals surface area contributed by atoms with Gasteiger partial charge in [-0.2, -0.15) is 4.31 Å². The predicted molar refractivity (Wildman–Crippen MR) is 201 cm³/mol. The lowest BCUT2D eigenvalue weighted by molar-refractivity contribution is -0.146. The molecule has 0 aromatic carbocycles. The monoisotopic (exact) mass is 757 g/mol. The Kier molecular flexibility index (Phi) is 12.9. The van der Waals surface area contributed by atoms with E-state index in [1.807, 2.05) is 27.7 Å². The number of hydrogen-bond acceptors (Lipinski definition) is 8. The lowest BCUT2D eigenvalue weighted by atomic mass is 9.70. The Balaban J connectivity index is 1.58. The number of piperidine rings is 1. The molecule has 0 radical (unpaired) electrons. The highest BCUT2D eigenvalue weighted by Crippen LogP contribution is 2.65. The van der Waals surface area contributed by atoms with Gasteiger partial charge in [-0.25, -0.2) is 18.2 Å². The zero-order valence-electron chi connectivity index (χ0n) is 32.5. The van der Waals surface area contributed by atoms with Gasteiger partial charge in [-0.15, -0.1) is 6.58 Å². The highest BCUT2D eigenvalue weighted by atomic mass is 32.2. The number of rotatable bonds is 15. The van der Waals surface area contributed by atoms with E-state index in [4.69, 9.17) is 0 Å². The van der Waals surface area contributed by atoms with Crippen LogP contribution in [-0.2, 0) is 29.2 Å². The summed E-state index contributed by atoms with van der Waals surface area (Å²) in [4.78, 5) is 73.8. The van der Waals surface area contributed by atoms with Crippen LogP contribution in [0.15, 0.2) is 42.1 Å². The van der Waals surface area contributed by atoms with Crippen LogP contribution < -0.4 is 21.3 Å². The first-order chi connectivity index (χ1) is 24.7. The first kappa shape index (κ1) is 41.9. The van der Waals surface area contributed by atoms with Gasteiger partial charge in [0.25, 0.3) is 15.9 Å². The highest BCUT2D eigenvalue weighted by Gasteiger charge is 2.70. The van der Waals surface area contributed by atoms with Gasteiger partial charge < -0.3 is 26.2 Å². The summed E-state index contributed by atoms with van der Waals surface area (Å²) >= 11 is 0. The Labute approximate surface area is 314 Å². The molecular weight excluding hydrogens is 699 g/mol. The summed E-state index contributed by atoms with van der Waals surface area (Å²) < 4.78 is 27.8. The van der Waals surface area contributed by atoms with Crippen LogP contribution in [0.2, 0.25) is 0 Å². The predicted octanol–water partition coefficient (Wildman–Crippen LogP) is 3.00. The molecular formula is C38H59N7O7S. The summed E-state index contributed by atoms with van der Waals surface area (Å²) in [6, 6.07) is 0.402. The number of likely N-dealkylation sites (tertiary alicyclic amines) is 1. The van der Waals surface area contributed by atoms with Crippen LogP contribution in [0.3, 0.4) is 0 Å². The van der Waals surface area contributed by atoms with Gasteiger partial charge >= 0.3 is 6.03 Å². The summed E-state index contributed by atoms with van der Waals surface area (Å²) in [7, 11) is -2.51. The number of carbonyl (C=O) groups excluding carboxylic acids is 5. The second-order valence-electron chi connectivity index (χ2n) is 16.9. The van der Waals surface area contributed by atoms with Crippen LogP contribution in [0.5, 0.6) is 0 Å². The number of urea groups is 1. The second kappa shape index (κ2) is 16.3. The third-order valence-electron chi connectivity index (χ3n) is 11.8. The molecule has 15 heteroatoms. The number of nitrogens with one attached hydrogen (secondary N) is 4. The Bertz CT molecular complexity index is 1650. The average Bonchev–Trinajstić information content (AvgIpc) is 3.41. The standard InChI is InChI=1S/C38H59N7O7S/c1-10-20-40-33(48)30(46)25(11-2)41-32(47)29-28-24(37(28,6)7)22-45(29)34(49)31(38(8)18-14-12-15-19-38)43-35(50)42-26(36(3,4)5)23-44(9)53(51,52)27-17-13-16-21-39-27/h10,13,16-17,21,24-26,28-29,31H,1,11-12,14-15,18-20,22-23H2,2-9H3,(H,40,48)(H,41,47)(H2,42,43,50)/t24-,25?,26+,28-,29-,31+/m0/s1. The second-order valence-corrected chi connectivity index (χ2v) is 18.9. The maximum atomic E-state index is 14.8. The molecule has 1 saturated heterocycles. The molecule has 4 rings (SSSR count). The van der Waals surface area contributed by atoms with E-state index in [0.717, 1.165) is 23.6 Å². The van der Waals surface area contributed by atoms with Gasteiger partial charge in [-0.05, 0) is 59.5 Å². The zero-order valence-corrected chi connectivity index (χ0v) is 33.3. The lowest BCUT2D eigenvalue weighted by Gasteiger charge is -2.43. The van der Waals surface area contributed by atoms with Gasteiger partial charge in [0.2, 0.25) is 17.6 Å². The summed E-state index contributed by atoms with van der Waals surface area (Å²) in [6.07, 6.45) is 7.17. The SMILES string of the molecule is C=CCNC(=O)C(=O)C(CC)NC(=O)[C@@H]1[C@@H]2[C@H](CN1C(=O)[C@@H](NC(=O)N[C@H](CN(C)S(=O)(=O)c1ccccn1)C(C)(C)C)C1(C)CCCCC1)C2(C)C. The summed E-state index contributed by atoms with van der Waals surface area (Å²) in [5.74, 6) is -2.60. The van der Waals surface area contributed by atoms with Crippen molar-refractivity contribution in [2.75, 3.05) is 26.7 Å². The number of aromatic nitrogens is 1. The van der Waals surface area contributed by atoms with Gasteiger partial charge in [0, 0.05) is 38.9 Å². The number of sulfonamides is 1. The topological polar surface area (TPSA) is 187 Å². The number of hydrogen-bond donors (Lipinski definition) is 4. The molecule has 0 spiro atoms. The molecule has 14 nitrogen and oxygen atoms in total. The van der Waals surface area contributed by atoms with E-state index >= 15 is 0 Å². The maximum Gasteiger partial charge on any atom is 0.315 e. The first-order valence-electron chi connectivity index (χ1n) is 18.7. The number of pyridine rings is 1. The van der Waals surface area contributed by atoms with Crippen LogP contribution >= 0.6 is 0 Å². The van der Waals surface area contributed by atoms with Crippen LogP contribution in [0.25, 0.3) is 0 Å². The van der Waals surface area contributed by atoms with Crippen molar-refractivity contribution in [3.63, 3.8) is 0 Å². The van der Waals surface area contributed by atoms with E-state index in [9.17, 15) is 32.4 Å². The molecule has 294 valence electrons. The molecule has 53 heavy (non-hydrogen) atoms. The molecule has 1 aromatic heterocycles. The summed E-state index contributed by atoms with van der Waals surface area (Å²) in [5, 5.41) is 11.1. The van der Waals surface area contributed by atoms with Crippen molar-refractivity contribution in [1.82, 2.24) is 35.5 Å². The number of carbonyl (C=O) groups is 5. The van der Waals surface area contributed by atoms with Crippen molar-refractivity contribution < 1.29 is 32.4 Å². The third-order valence-corrected chi connectivity index (χ3v) is 13.5. The molecule has 2 saturated carbocycles. The Morgan fingerprint density at radius 2 is 1.72 bits per heavy atom. The fourth-order valence-corrected chi connectivity index (χ4v) is 9.17. The van der Waals surface area contributed by atoms with Gasteiger partial charge in [0.15, 0.2) is 5.03 Å². The Morgan fingerprint density at radius 1 is 1.06 bits per heavy atom. The van der Waals surface area contributed by atoms with E-state index < -0.39 is 68.6 Å². The van der Waals surface area contributed by atoms with Crippen molar-refractivity contribution in [2.24, 2.45) is 28.1 Å². The first-order valence-corrected chi connectivity index (χ1v) is 20.1. The summed E-state index contributed by atoms with van der Waals surface area (Å²) in [6.45, 7) is 17.4. The lowest BCUT2D eigenvalue weighted by Crippen LogP contribution is -2.63. The molecule has 1 aliphatic heterocycles. The minimum atomic E-state index is -3.95. The summed E-state index contributed by atoms with van der Waals surface area (Å²) in [5.41, 5.74) is -1.42. The van der Waals surface area contributed by atoms with E-state index in [-0.39, 0.29) is 47.7 Å².